The largest absolute Gasteiger partial charge is 0.366 e. The van der Waals surface area contributed by atoms with Crippen molar-refractivity contribution < 1.29 is 0 Å². The normalized spacial score (nSPS) is 12.2. The molecule has 1 aromatic rings. The highest BCUT2D eigenvalue weighted by atomic mass is 15.0. The number of nitrogens with one attached hydrogen (secondary N) is 1. The minimum absolute atomic E-state index is 0.345. The van der Waals surface area contributed by atoms with Gasteiger partial charge in [-0.25, -0.2) is 9.97 Å². The highest BCUT2D eigenvalue weighted by molar-refractivity contribution is 5.33. The summed E-state index contributed by atoms with van der Waals surface area (Å²) >= 11 is 0. The van der Waals surface area contributed by atoms with Gasteiger partial charge in [0.2, 0.25) is 0 Å². The summed E-state index contributed by atoms with van der Waals surface area (Å²) in [7, 11) is 0. The summed E-state index contributed by atoms with van der Waals surface area (Å²) in [6.45, 7) is 6.48. The molecule has 0 radical (unpaired) electrons. The Morgan fingerprint density at radius 2 is 2.07 bits per heavy atom. The fourth-order valence-corrected chi connectivity index (χ4v) is 1.48. The molecule has 1 aromatic heterocycles. The average molecular weight is 204 g/mol. The van der Waals surface area contributed by atoms with E-state index in [1.807, 2.05) is 6.07 Å². The van der Waals surface area contributed by atoms with Crippen molar-refractivity contribution in [2.45, 2.75) is 33.2 Å². The van der Waals surface area contributed by atoms with Crippen LogP contribution in [0.5, 0.6) is 0 Å². The van der Waals surface area contributed by atoms with Gasteiger partial charge in [0, 0.05) is 6.04 Å². The lowest BCUT2D eigenvalue weighted by Crippen LogP contribution is -2.18. The van der Waals surface area contributed by atoms with Gasteiger partial charge < -0.3 is 5.32 Å². The Labute approximate surface area is 90.4 Å². The predicted molar refractivity (Wildman–Crippen MR) is 59.3 cm³/mol. The first-order valence-corrected chi connectivity index (χ1v) is 5.10. The van der Waals surface area contributed by atoms with E-state index in [0.717, 1.165) is 12.2 Å². The molecule has 1 rings (SSSR count). The van der Waals surface area contributed by atoms with Crippen molar-refractivity contribution >= 4 is 5.82 Å². The maximum atomic E-state index is 8.56. The number of nitriles is 1. The molecule has 0 fully saturated rings. The van der Waals surface area contributed by atoms with E-state index >= 15 is 0 Å². The molecule has 0 aliphatic rings. The Hall–Kier alpha value is -1.63. The van der Waals surface area contributed by atoms with Crippen molar-refractivity contribution in [3.05, 3.63) is 18.1 Å². The molecular formula is C11H16N4. The van der Waals surface area contributed by atoms with Gasteiger partial charge in [-0.05, 0) is 19.3 Å². The topological polar surface area (TPSA) is 61.6 Å². The molecule has 0 spiro atoms. The summed E-state index contributed by atoms with van der Waals surface area (Å²) in [6, 6.07) is 2.31. The van der Waals surface area contributed by atoms with E-state index in [2.05, 4.69) is 36.1 Å². The van der Waals surface area contributed by atoms with Gasteiger partial charge in [-0.15, -0.1) is 0 Å². The van der Waals surface area contributed by atoms with Gasteiger partial charge in [0.1, 0.15) is 11.9 Å². The Balaban J connectivity index is 2.54. The molecule has 15 heavy (non-hydrogen) atoms. The Morgan fingerprint density at radius 3 is 2.53 bits per heavy atom. The zero-order chi connectivity index (χ0) is 11.3. The molecule has 1 N–H and O–H groups in total. The quantitative estimate of drug-likeness (QED) is 0.816. The Kier molecular flexibility index (Phi) is 4.04. The van der Waals surface area contributed by atoms with Crippen LogP contribution in [-0.2, 0) is 0 Å². The lowest BCUT2D eigenvalue weighted by atomic mass is 10.1. The molecule has 4 heteroatoms. The van der Waals surface area contributed by atoms with Crippen LogP contribution in [0.25, 0.3) is 0 Å². The van der Waals surface area contributed by atoms with Gasteiger partial charge in [0.05, 0.1) is 12.4 Å². The van der Waals surface area contributed by atoms with Crippen LogP contribution in [-0.4, -0.2) is 16.0 Å². The number of rotatable bonds is 4. The summed E-state index contributed by atoms with van der Waals surface area (Å²) in [5, 5.41) is 11.8. The van der Waals surface area contributed by atoms with Crippen molar-refractivity contribution in [2.24, 2.45) is 5.92 Å². The summed E-state index contributed by atoms with van der Waals surface area (Å²) in [5.41, 5.74) is 0.345. The lowest BCUT2D eigenvalue weighted by Gasteiger charge is -2.15. The molecule has 80 valence electrons. The summed E-state index contributed by atoms with van der Waals surface area (Å²) in [5.74, 6) is 1.38. The van der Waals surface area contributed by atoms with Gasteiger partial charge in [-0.1, -0.05) is 13.8 Å². The van der Waals surface area contributed by atoms with E-state index in [1.165, 1.54) is 6.20 Å². The molecule has 0 bridgehead atoms. The molecule has 4 nitrogen and oxygen atoms in total. The maximum absolute atomic E-state index is 8.56. The summed E-state index contributed by atoms with van der Waals surface area (Å²) in [4.78, 5) is 8.04. The first kappa shape index (κ1) is 11.4. The number of hydrogen-bond donors (Lipinski definition) is 1. The third-order valence-corrected chi connectivity index (χ3v) is 1.99. The van der Waals surface area contributed by atoms with Crippen molar-refractivity contribution in [1.82, 2.24) is 9.97 Å². The SMILES string of the molecule is CC(C)CC(C)Nc1cnc(C#N)cn1. The third-order valence-electron chi connectivity index (χ3n) is 1.99. The maximum Gasteiger partial charge on any atom is 0.158 e. The number of anilines is 1. The summed E-state index contributed by atoms with van der Waals surface area (Å²) < 4.78 is 0. The zero-order valence-electron chi connectivity index (χ0n) is 9.36. The van der Waals surface area contributed by atoms with Crippen LogP contribution >= 0.6 is 0 Å². The summed E-state index contributed by atoms with van der Waals surface area (Å²) in [6.07, 6.45) is 4.15. The molecule has 0 aliphatic heterocycles. The average Bonchev–Trinajstić information content (AvgIpc) is 2.17. The highest BCUT2D eigenvalue weighted by Gasteiger charge is 2.05. The standard InChI is InChI=1S/C11H16N4/c1-8(2)4-9(3)15-11-7-13-10(5-12)6-14-11/h6-9H,4H2,1-3H3,(H,14,15). The van der Waals surface area contributed by atoms with Crippen LogP contribution in [0.3, 0.4) is 0 Å². The second-order valence-corrected chi connectivity index (χ2v) is 4.07. The van der Waals surface area contributed by atoms with Crippen LogP contribution in [0.2, 0.25) is 0 Å². The second kappa shape index (κ2) is 5.30. The van der Waals surface area contributed by atoms with Crippen LogP contribution in [0.4, 0.5) is 5.82 Å². The lowest BCUT2D eigenvalue weighted by molar-refractivity contribution is 0.538. The predicted octanol–water partition coefficient (Wildman–Crippen LogP) is 2.19. The smallest absolute Gasteiger partial charge is 0.158 e. The van der Waals surface area contributed by atoms with Gasteiger partial charge in [0.25, 0.3) is 0 Å². The number of nitrogens with zero attached hydrogens (tertiary/aromatic N) is 3. The monoisotopic (exact) mass is 204 g/mol. The van der Waals surface area contributed by atoms with Crippen molar-refractivity contribution in [2.75, 3.05) is 5.32 Å². The number of aromatic nitrogens is 2. The van der Waals surface area contributed by atoms with Crippen molar-refractivity contribution in [3.8, 4) is 6.07 Å². The molecule has 0 amide bonds. The van der Waals surface area contributed by atoms with Crippen molar-refractivity contribution in [1.29, 1.82) is 5.26 Å². The van der Waals surface area contributed by atoms with Crippen LogP contribution < -0.4 is 5.32 Å². The molecule has 0 aliphatic carbocycles. The van der Waals surface area contributed by atoms with E-state index in [1.54, 1.807) is 6.20 Å². The zero-order valence-corrected chi connectivity index (χ0v) is 9.36. The first-order valence-electron chi connectivity index (χ1n) is 5.10. The number of hydrogen-bond acceptors (Lipinski definition) is 4. The fraction of sp³-hybridized carbons (Fsp3) is 0.545. The minimum Gasteiger partial charge on any atom is -0.366 e. The minimum atomic E-state index is 0.345. The first-order chi connectivity index (χ1) is 7.11. The van der Waals surface area contributed by atoms with E-state index in [0.29, 0.717) is 17.7 Å². The van der Waals surface area contributed by atoms with E-state index in [4.69, 9.17) is 5.26 Å². The van der Waals surface area contributed by atoms with E-state index in [9.17, 15) is 0 Å². The fourth-order valence-electron chi connectivity index (χ4n) is 1.48. The van der Waals surface area contributed by atoms with Gasteiger partial charge in [0.15, 0.2) is 5.69 Å². The van der Waals surface area contributed by atoms with Crippen LogP contribution in [0.15, 0.2) is 12.4 Å². The second-order valence-electron chi connectivity index (χ2n) is 4.07. The van der Waals surface area contributed by atoms with Gasteiger partial charge >= 0.3 is 0 Å². The van der Waals surface area contributed by atoms with Crippen LogP contribution in [0, 0.1) is 17.2 Å². The van der Waals surface area contributed by atoms with Gasteiger partial charge in [-0.3, -0.25) is 0 Å². The Morgan fingerprint density at radius 1 is 1.33 bits per heavy atom. The highest BCUT2D eigenvalue weighted by Crippen LogP contribution is 2.09. The molecule has 0 aromatic carbocycles. The molecule has 1 atom stereocenters. The van der Waals surface area contributed by atoms with E-state index in [-0.39, 0.29) is 0 Å². The Bertz CT molecular complexity index is 337. The molecule has 1 unspecified atom stereocenters. The molecule has 0 saturated heterocycles. The van der Waals surface area contributed by atoms with Crippen molar-refractivity contribution in [3.63, 3.8) is 0 Å². The van der Waals surface area contributed by atoms with Gasteiger partial charge in [-0.2, -0.15) is 5.26 Å². The molecular weight excluding hydrogens is 188 g/mol. The van der Waals surface area contributed by atoms with E-state index < -0.39 is 0 Å². The third kappa shape index (κ3) is 3.94. The van der Waals surface area contributed by atoms with Crippen LogP contribution in [0.1, 0.15) is 32.9 Å². The molecule has 1 heterocycles. The molecule has 0 saturated carbocycles.